The summed E-state index contributed by atoms with van der Waals surface area (Å²) >= 11 is 0. The Labute approximate surface area is 209 Å². The Morgan fingerprint density at radius 3 is 2.71 bits per heavy atom. The van der Waals surface area contributed by atoms with E-state index in [-0.39, 0.29) is 22.9 Å². The minimum absolute atomic E-state index is 0.0580. The van der Waals surface area contributed by atoms with Gasteiger partial charge in [0.05, 0.1) is 5.56 Å². The predicted octanol–water partition coefficient (Wildman–Crippen LogP) is 6.51. The first-order valence-corrected chi connectivity index (χ1v) is 13.9. The van der Waals surface area contributed by atoms with Crippen molar-refractivity contribution < 1.29 is 9.53 Å². The van der Waals surface area contributed by atoms with Crippen LogP contribution in [0.15, 0.2) is 23.9 Å². The Kier molecular flexibility index (Phi) is 5.51. The highest BCUT2D eigenvalue weighted by molar-refractivity contribution is 5.66. The highest BCUT2D eigenvalue weighted by atomic mass is 16.5. The van der Waals surface area contributed by atoms with Crippen molar-refractivity contribution in [3.8, 4) is 6.07 Å². The van der Waals surface area contributed by atoms with Crippen LogP contribution in [0.4, 0.5) is 5.82 Å². The van der Waals surface area contributed by atoms with Gasteiger partial charge in [-0.3, -0.25) is 4.79 Å². The first kappa shape index (κ1) is 23.1. The van der Waals surface area contributed by atoms with Crippen LogP contribution < -0.4 is 5.32 Å². The topological polar surface area (TPSA) is 75.0 Å². The summed E-state index contributed by atoms with van der Waals surface area (Å²) in [6.07, 6.45) is 16.0. The number of fused-ring (bicyclic) bond motifs is 5. The molecule has 0 aliphatic heterocycles. The second-order valence-corrected chi connectivity index (χ2v) is 12.6. The first-order chi connectivity index (χ1) is 16.8. The number of esters is 1. The van der Waals surface area contributed by atoms with Crippen molar-refractivity contribution >= 4 is 11.8 Å². The third kappa shape index (κ3) is 3.71. The molecular formula is C30H39N3O2. The third-order valence-corrected chi connectivity index (χ3v) is 10.8. The largest absolute Gasteiger partial charge is 0.462 e. The van der Waals surface area contributed by atoms with E-state index < -0.39 is 0 Å². The molecular weight excluding hydrogens is 434 g/mol. The monoisotopic (exact) mass is 473 g/mol. The summed E-state index contributed by atoms with van der Waals surface area (Å²) in [5, 5.41) is 13.6. The van der Waals surface area contributed by atoms with Gasteiger partial charge in [-0.15, -0.1) is 0 Å². The molecule has 1 N–H and O–H groups in total. The van der Waals surface area contributed by atoms with Gasteiger partial charge in [0, 0.05) is 25.6 Å². The maximum absolute atomic E-state index is 11.5. The van der Waals surface area contributed by atoms with Gasteiger partial charge in [-0.05, 0) is 104 Å². The molecule has 1 aromatic heterocycles. The zero-order valence-electron chi connectivity index (χ0n) is 21.5. The average molecular weight is 474 g/mol. The van der Waals surface area contributed by atoms with Gasteiger partial charge < -0.3 is 10.1 Å². The molecule has 0 aromatic carbocycles. The Bertz CT molecular complexity index is 1100. The Hall–Kier alpha value is -2.35. The van der Waals surface area contributed by atoms with Gasteiger partial charge in [0.25, 0.3) is 0 Å². The summed E-state index contributed by atoms with van der Waals surface area (Å²) in [4.78, 5) is 16.1. The van der Waals surface area contributed by atoms with Crippen LogP contribution in [0.3, 0.4) is 0 Å². The van der Waals surface area contributed by atoms with Crippen molar-refractivity contribution in [2.24, 2.45) is 28.6 Å². The van der Waals surface area contributed by atoms with Crippen LogP contribution in [0.5, 0.6) is 0 Å². The molecule has 5 nitrogen and oxygen atoms in total. The van der Waals surface area contributed by atoms with Gasteiger partial charge in [0.15, 0.2) is 0 Å². The van der Waals surface area contributed by atoms with Crippen LogP contribution in [0.2, 0.25) is 0 Å². The molecule has 0 spiro atoms. The molecule has 5 heteroatoms. The minimum atomic E-state index is -0.151. The smallest absolute Gasteiger partial charge is 0.302 e. The quantitative estimate of drug-likeness (QED) is 0.399. The number of anilines is 1. The molecule has 5 aliphatic carbocycles. The van der Waals surface area contributed by atoms with Crippen molar-refractivity contribution in [2.45, 2.75) is 103 Å². The average Bonchev–Trinajstić information content (AvgIpc) is 3.57. The number of aromatic nitrogens is 1. The van der Waals surface area contributed by atoms with Gasteiger partial charge >= 0.3 is 5.97 Å². The van der Waals surface area contributed by atoms with E-state index in [2.05, 4.69) is 42.4 Å². The van der Waals surface area contributed by atoms with Gasteiger partial charge in [0.1, 0.15) is 18.0 Å². The molecule has 0 amide bonds. The van der Waals surface area contributed by atoms with E-state index in [0.29, 0.717) is 23.8 Å². The van der Waals surface area contributed by atoms with Gasteiger partial charge in [-0.1, -0.05) is 25.5 Å². The molecule has 1 aromatic rings. The maximum atomic E-state index is 11.5. The molecule has 186 valence electrons. The summed E-state index contributed by atoms with van der Waals surface area (Å²) in [6, 6.07) is 5.16. The van der Waals surface area contributed by atoms with Crippen molar-refractivity contribution in [3.05, 3.63) is 35.0 Å². The summed E-state index contributed by atoms with van der Waals surface area (Å²) in [7, 11) is 0. The van der Waals surface area contributed by atoms with Gasteiger partial charge in [0.2, 0.25) is 0 Å². The van der Waals surface area contributed by atoms with Gasteiger partial charge in [-0.25, -0.2) is 4.98 Å². The predicted molar refractivity (Wildman–Crippen MR) is 136 cm³/mol. The number of ether oxygens (including phenoxy) is 1. The molecule has 0 unspecified atom stereocenters. The lowest BCUT2D eigenvalue weighted by atomic mass is 9.47. The maximum Gasteiger partial charge on any atom is 0.302 e. The molecule has 4 saturated carbocycles. The minimum Gasteiger partial charge on any atom is -0.462 e. The molecule has 7 atom stereocenters. The molecule has 1 heterocycles. The Balaban J connectivity index is 1.27. The lowest BCUT2D eigenvalue weighted by Gasteiger charge is -2.58. The van der Waals surface area contributed by atoms with Crippen LogP contribution in [0.1, 0.15) is 102 Å². The Morgan fingerprint density at radius 2 is 1.97 bits per heavy atom. The van der Waals surface area contributed by atoms with E-state index in [1.807, 2.05) is 6.20 Å². The van der Waals surface area contributed by atoms with Crippen LogP contribution in [0.25, 0.3) is 0 Å². The Morgan fingerprint density at radius 1 is 1.14 bits per heavy atom. The summed E-state index contributed by atoms with van der Waals surface area (Å²) in [6.45, 7) is 6.56. The van der Waals surface area contributed by atoms with E-state index in [4.69, 9.17) is 4.74 Å². The number of pyridine rings is 1. The number of rotatable bonds is 4. The highest BCUT2D eigenvalue weighted by Crippen LogP contribution is 2.68. The van der Waals surface area contributed by atoms with Gasteiger partial charge in [-0.2, -0.15) is 5.26 Å². The zero-order valence-corrected chi connectivity index (χ0v) is 21.5. The number of hydrogen-bond acceptors (Lipinski definition) is 5. The number of nitriles is 1. The highest BCUT2D eigenvalue weighted by Gasteiger charge is 2.59. The van der Waals surface area contributed by atoms with Crippen molar-refractivity contribution in [2.75, 3.05) is 5.32 Å². The van der Waals surface area contributed by atoms with E-state index in [1.165, 1.54) is 51.0 Å². The second-order valence-electron chi connectivity index (χ2n) is 12.6. The van der Waals surface area contributed by atoms with Crippen LogP contribution in [-0.2, 0) is 9.53 Å². The second kappa shape index (κ2) is 8.36. The number of nitrogens with zero attached hydrogens (tertiary/aromatic N) is 2. The van der Waals surface area contributed by atoms with Crippen LogP contribution in [0, 0.1) is 39.9 Å². The fourth-order valence-electron chi connectivity index (χ4n) is 8.89. The molecule has 0 saturated heterocycles. The van der Waals surface area contributed by atoms with Crippen molar-refractivity contribution in [1.82, 2.24) is 4.98 Å². The molecule has 0 bridgehead atoms. The number of allylic oxidation sites excluding steroid dienone is 1. The van der Waals surface area contributed by atoms with E-state index >= 15 is 0 Å². The first-order valence-electron chi connectivity index (χ1n) is 13.9. The summed E-state index contributed by atoms with van der Waals surface area (Å²) in [5.74, 6) is 3.22. The molecule has 5 aliphatic rings. The van der Waals surface area contributed by atoms with E-state index in [9.17, 15) is 10.1 Å². The number of nitrogens with one attached hydrogen (secondary N) is 1. The van der Waals surface area contributed by atoms with E-state index in [0.717, 1.165) is 43.0 Å². The summed E-state index contributed by atoms with van der Waals surface area (Å²) in [5.41, 5.74) is 4.05. The fraction of sp³-hybridized carbons (Fsp3) is 0.700. The normalized spacial score (nSPS) is 39.9. The standard InChI is InChI=1S/C30H39N3O2/c1-18(34)35-21-10-13-29(2)19(16-21)4-7-23-26-9-8-25(30(26,3)14-11-27(23)29)22-12-15-32-28(24(22)17-31)33-20-5-6-20/h4,12,15,20-21,23,25-27H,5-11,13-14,16H2,1-3H3,(H,32,33)/t21-,23-,25+,26-,27-,29-,30+/m0/s1. The molecule has 0 radical (unpaired) electrons. The molecule has 4 fully saturated rings. The zero-order chi connectivity index (χ0) is 24.4. The van der Waals surface area contributed by atoms with Crippen LogP contribution >= 0.6 is 0 Å². The van der Waals surface area contributed by atoms with Crippen molar-refractivity contribution in [3.63, 3.8) is 0 Å². The third-order valence-electron chi connectivity index (χ3n) is 10.8. The number of carbonyl (C=O) groups excluding carboxylic acids is 1. The number of hydrogen-bond donors (Lipinski definition) is 1. The molecule has 6 rings (SSSR count). The fourth-order valence-corrected chi connectivity index (χ4v) is 8.89. The van der Waals surface area contributed by atoms with Crippen LogP contribution in [-0.4, -0.2) is 23.1 Å². The number of carbonyl (C=O) groups is 1. The lowest BCUT2D eigenvalue weighted by molar-refractivity contribution is -0.148. The lowest BCUT2D eigenvalue weighted by Crippen LogP contribution is -2.50. The molecule has 35 heavy (non-hydrogen) atoms. The summed E-state index contributed by atoms with van der Waals surface area (Å²) < 4.78 is 5.61. The van der Waals surface area contributed by atoms with E-state index in [1.54, 1.807) is 5.57 Å². The van der Waals surface area contributed by atoms with Crippen molar-refractivity contribution in [1.29, 1.82) is 5.26 Å². The SMILES string of the molecule is CC(=O)O[C@H]1CC[C@@]2(C)C(=CC[C@H]3[C@@H]4CC[C@H](c5ccnc(NC6CC6)c5C#N)[C@@]4(C)CC[C@@H]32)C1.